The van der Waals surface area contributed by atoms with Crippen molar-refractivity contribution in [3.05, 3.63) is 29.3 Å². The van der Waals surface area contributed by atoms with E-state index >= 15 is 0 Å². The first-order valence-electron chi connectivity index (χ1n) is 5.92. The second-order valence-electron chi connectivity index (χ2n) is 4.30. The lowest BCUT2D eigenvalue weighted by molar-refractivity contribution is 0.320. The van der Waals surface area contributed by atoms with Crippen LogP contribution in [-0.4, -0.2) is 25.1 Å². The molecule has 0 atom stereocenters. The summed E-state index contributed by atoms with van der Waals surface area (Å²) in [7, 11) is 1.72. The third-order valence-corrected chi connectivity index (χ3v) is 3.19. The van der Waals surface area contributed by atoms with Gasteiger partial charge in [0.2, 0.25) is 0 Å². The molecule has 0 unspecified atom stereocenters. The van der Waals surface area contributed by atoms with Crippen LogP contribution >= 0.6 is 0 Å². The molecule has 1 aliphatic heterocycles. The summed E-state index contributed by atoms with van der Waals surface area (Å²) in [6, 6.07) is 6.23. The predicted octanol–water partition coefficient (Wildman–Crippen LogP) is 1.75. The topological polar surface area (TPSA) is 38.5 Å². The molecule has 0 aliphatic carbocycles. The molecule has 16 heavy (non-hydrogen) atoms. The number of nitrogens with zero attached hydrogens (tertiary/aromatic N) is 1. The van der Waals surface area contributed by atoms with Crippen molar-refractivity contribution < 1.29 is 4.74 Å². The van der Waals surface area contributed by atoms with Gasteiger partial charge < -0.3 is 10.5 Å². The van der Waals surface area contributed by atoms with Crippen LogP contribution in [0.2, 0.25) is 0 Å². The van der Waals surface area contributed by atoms with Gasteiger partial charge in [0, 0.05) is 24.2 Å². The summed E-state index contributed by atoms with van der Waals surface area (Å²) in [6.07, 6.45) is 2.64. The maximum atomic E-state index is 5.71. The number of ether oxygens (including phenoxy) is 1. The van der Waals surface area contributed by atoms with Crippen molar-refractivity contribution in [1.29, 1.82) is 0 Å². The Kier molecular flexibility index (Phi) is 3.80. The Balaban J connectivity index is 2.18. The summed E-state index contributed by atoms with van der Waals surface area (Å²) in [5, 5.41) is 0. The molecule has 3 nitrogen and oxygen atoms in total. The lowest BCUT2D eigenvalue weighted by atomic mass is 10.1. The minimum Gasteiger partial charge on any atom is -0.496 e. The molecule has 0 saturated carbocycles. The van der Waals surface area contributed by atoms with E-state index in [9.17, 15) is 0 Å². The fourth-order valence-electron chi connectivity index (χ4n) is 2.37. The molecule has 1 aromatic carbocycles. The highest BCUT2D eigenvalue weighted by molar-refractivity contribution is 5.41. The molecule has 0 radical (unpaired) electrons. The van der Waals surface area contributed by atoms with Crippen molar-refractivity contribution in [2.24, 2.45) is 5.73 Å². The van der Waals surface area contributed by atoms with E-state index in [2.05, 4.69) is 17.0 Å². The highest BCUT2D eigenvalue weighted by atomic mass is 16.5. The summed E-state index contributed by atoms with van der Waals surface area (Å²) < 4.78 is 5.47. The van der Waals surface area contributed by atoms with Crippen molar-refractivity contribution >= 4 is 0 Å². The third-order valence-electron chi connectivity index (χ3n) is 3.19. The number of nitrogens with two attached hydrogens (primary N) is 1. The van der Waals surface area contributed by atoms with E-state index in [1.165, 1.54) is 31.5 Å². The lowest BCUT2D eigenvalue weighted by Gasteiger charge is -2.18. The maximum absolute atomic E-state index is 5.71. The molecular weight excluding hydrogens is 200 g/mol. The van der Waals surface area contributed by atoms with Gasteiger partial charge in [0.15, 0.2) is 0 Å². The first-order chi connectivity index (χ1) is 7.85. The van der Waals surface area contributed by atoms with Gasteiger partial charge in [0.05, 0.1) is 7.11 Å². The van der Waals surface area contributed by atoms with Gasteiger partial charge in [-0.25, -0.2) is 0 Å². The van der Waals surface area contributed by atoms with Crippen LogP contribution in [0.25, 0.3) is 0 Å². The summed E-state index contributed by atoms with van der Waals surface area (Å²) in [5.74, 6) is 0.969. The van der Waals surface area contributed by atoms with Crippen LogP contribution in [-0.2, 0) is 13.1 Å². The lowest BCUT2D eigenvalue weighted by Crippen LogP contribution is -2.19. The van der Waals surface area contributed by atoms with Crippen LogP contribution in [0.4, 0.5) is 0 Å². The van der Waals surface area contributed by atoms with E-state index in [4.69, 9.17) is 10.5 Å². The fourth-order valence-corrected chi connectivity index (χ4v) is 2.37. The van der Waals surface area contributed by atoms with Gasteiger partial charge in [-0.1, -0.05) is 18.2 Å². The van der Waals surface area contributed by atoms with Crippen molar-refractivity contribution in [2.75, 3.05) is 20.2 Å². The Hall–Kier alpha value is -1.06. The monoisotopic (exact) mass is 220 g/mol. The first kappa shape index (κ1) is 11.4. The molecule has 3 heteroatoms. The average molecular weight is 220 g/mol. The predicted molar refractivity (Wildman–Crippen MR) is 65.4 cm³/mol. The average Bonchev–Trinajstić information content (AvgIpc) is 2.81. The van der Waals surface area contributed by atoms with E-state index < -0.39 is 0 Å². The number of para-hydroxylation sites is 1. The van der Waals surface area contributed by atoms with Crippen molar-refractivity contribution in [2.45, 2.75) is 25.9 Å². The highest BCUT2D eigenvalue weighted by Crippen LogP contribution is 2.25. The van der Waals surface area contributed by atoms with Crippen LogP contribution in [0.5, 0.6) is 5.75 Å². The molecule has 0 bridgehead atoms. The van der Waals surface area contributed by atoms with Gasteiger partial charge in [0.1, 0.15) is 5.75 Å². The van der Waals surface area contributed by atoms with Gasteiger partial charge in [-0.05, 0) is 25.9 Å². The van der Waals surface area contributed by atoms with E-state index in [1.807, 2.05) is 6.07 Å². The second-order valence-corrected chi connectivity index (χ2v) is 4.30. The van der Waals surface area contributed by atoms with Crippen LogP contribution in [0, 0.1) is 0 Å². The zero-order valence-electron chi connectivity index (χ0n) is 9.91. The number of hydrogen-bond acceptors (Lipinski definition) is 3. The molecule has 2 rings (SSSR count). The molecule has 0 aromatic heterocycles. The quantitative estimate of drug-likeness (QED) is 0.840. The molecular formula is C13H20N2O. The third kappa shape index (κ3) is 2.36. The zero-order chi connectivity index (χ0) is 11.4. The molecule has 88 valence electrons. The minimum atomic E-state index is 0.539. The van der Waals surface area contributed by atoms with Crippen LogP contribution in [0.15, 0.2) is 18.2 Å². The molecule has 1 saturated heterocycles. The van der Waals surface area contributed by atoms with E-state index in [-0.39, 0.29) is 0 Å². The number of benzene rings is 1. The SMILES string of the molecule is COc1c(CN)cccc1CN1CCCC1. The Morgan fingerprint density at radius 1 is 1.25 bits per heavy atom. The highest BCUT2D eigenvalue weighted by Gasteiger charge is 2.15. The van der Waals surface area contributed by atoms with Gasteiger partial charge in [-0.2, -0.15) is 0 Å². The van der Waals surface area contributed by atoms with E-state index in [1.54, 1.807) is 7.11 Å². The summed E-state index contributed by atoms with van der Waals surface area (Å²) in [6.45, 7) is 3.93. The largest absolute Gasteiger partial charge is 0.496 e. The van der Waals surface area contributed by atoms with Gasteiger partial charge in [0.25, 0.3) is 0 Å². The molecule has 1 aliphatic rings. The number of rotatable bonds is 4. The Morgan fingerprint density at radius 2 is 1.94 bits per heavy atom. The molecule has 1 aromatic rings. The summed E-state index contributed by atoms with van der Waals surface area (Å²) >= 11 is 0. The number of methoxy groups -OCH3 is 1. The summed E-state index contributed by atoms with van der Waals surface area (Å²) in [5.41, 5.74) is 8.06. The standard InChI is InChI=1S/C13H20N2O/c1-16-13-11(9-14)5-4-6-12(13)10-15-7-2-3-8-15/h4-6H,2-3,7-10,14H2,1H3. The van der Waals surface area contributed by atoms with Crippen LogP contribution < -0.4 is 10.5 Å². The van der Waals surface area contributed by atoms with Crippen LogP contribution in [0.3, 0.4) is 0 Å². The fraction of sp³-hybridized carbons (Fsp3) is 0.538. The number of hydrogen-bond donors (Lipinski definition) is 1. The van der Waals surface area contributed by atoms with Gasteiger partial charge in [-0.15, -0.1) is 0 Å². The van der Waals surface area contributed by atoms with E-state index in [0.717, 1.165) is 17.9 Å². The van der Waals surface area contributed by atoms with Crippen molar-refractivity contribution in [3.8, 4) is 5.75 Å². The molecule has 1 fully saturated rings. The molecule has 2 N–H and O–H groups in total. The first-order valence-corrected chi connectivity index (χ1v) is 5.92. The summed E-state index contributed by atoms with van der Waals surface area (Å²) in [4.78, 5) is 2.47. The van der Waals surface area contributed by atoms with Crippen molar-refractivity contribution in [3.63, 3.8) is 0 Å². The Morgan fingerprint density at radius 3 is 2.56 bits per heavy atom. The Labute approximate surface area is 97.2 Å². The smallest absolute Gasteiger partial charge is 0.127 e. The van der Waals surface area contributed by atoms with Gasteiger partial charge in [-0.3, -0.25) is 4.90 Å². The Bertz CT molecular complexity index is 346. The minimum absolute atomic E-state index is 0.539. The zero-order valence-corrected chi connectivity index (χ0v) is 9.91. The maximum Gasteiger partial charge on any atom is 0.127 e. The second kappa shape index (κ2) is 5.32. The van der Waals surface area contributed by atoms with Crippen molar-refractivity contribution in [1.82, 2.24) is 4.90 Å². The molecule has 1 heterocycles. The number of likely N-dealkylation sites (tertiary alicyclic amines) is 1. The normalized spacial score (nSPS) is 16.6. The van der Waals surface area contributed by atoms with Gasteiger partial charge >= 0.3 is 0 Å². The molecule has 0 amide bonds. The molecule has 0 spiro atoms. The van der Waals surface area contributed by atoms with Crippen LogP contribution in [0.1, 0.15) is 24.0 Å². The van der Waals surface area contributed by atoms with E-state index in [0.29, 0.717) is 6.54 Å².